The number of nitrogens with zero attached hydrogens (tertiary/aromatic N) is 1. The van der Waals surface area contributed by atoms with Gasteiger partial charge in [-0.3, -0.25) is 0 Å². The fraction of sp³-hybridized carbons (Fsp3) is 0.400. The number of carboxylic acids is 1. The van der Waals surface area contributed by atoms with E-state index in [1.165, 1.54) is 0 Å². The number of hydrogen-bond donors (Lipinski definition) is 3. The van der Waals surface area contributed by atoms with E-state index in [1.807, 2.05) is 10.8 Å². The van der Waals surface area contributed by atoms with E-state index in [9.17, 15) is 4.79 Å². The minimum Gasteiger partial charge on any atom is -0.478 e. The molecule has 0 radical (unpaired) electrons. The maximum absolute atomic E-state index is 11.1. The van der Waals surface area contributed by atoms with Crippen LogP contribution >= 0.6 is 0 Å². The van der Waals surface area contributed by atoms with E-state index in [1.54, 1.807) is 18.2 Å². The highest BCUT2D eigenvalue weighted by Crippen LogP contribution is 2.24. The number of fused-ring (bicyclic) bond motifs is 1. The number of carboxylic acid groups (broad SMARTS) is 1. The summed E-state index contributed by atoms with van der Waals surface area (Å²) in [6, 6.07) is 5.08. The number of aliphatic hydroxyl groups excluding tert-OH is 2. The normalized spacial score (nSPS) is 11.1. The Kier molecular flexibility index (Phi) is 4.76. The molecule has 0 fully saturated rings. The summed E-state index contributed by atoms with van der Waals surface area (Å²) in [6.45, 7) is 0.930. The maximum Gasteiger partial charge on any atom is 0.335 e. The first kappa shape index (κ1) is 14.6. The van der Waals surface area contributed by atoms with Crippen LogP contribution in [0.4, 0.5) is 0 Å². The van der Waals surface area contributed by atoms with E-state index in [0.717, 1.165) is 16.5 Å². The Hall–Kier alpha value is -1.85. The van der Waals surface area contributed by atoms with Crippen molar-refractivity contribution in [1.29, 1.82) is 0 Å². The van der Waals surface area contributed by atoms with Crippen LogP contribution < -0.4 is 0 Å². The van der Waals surface area contributed by atoms with Gasteiger partial charge in [0.15, 0.2) is 0 Å². The van der Waals surface area contributed by atoms with Gasteiger partial charge in [0.1, 0.15) is 0 Å². The second-order valence-corrected chi connectivity index (χ2v) is 4.79. The average molecular weight is 277 g/mol. The molecule has 0 bridgehead atoms. The van der Waals surface area contributed by atoms with Gasteiger partial charge in [0, 0.05) is 36.9 Å². The van der Waals surface area contributed by atoms with Gasteiger partial charge in [-0.1, -0.05) is 0 Å². The van der Waals surface area contributed by atoms with Crippen molar-refractivity contribution in [3.63, 3.8) is 0 Å². The molecule has 0 aliphatic heterocycles. The third-order valence-corrected chi connectivity index (χ3v) is 3.37. The maximum atomic E-state index is 11.1. The lowest BCUT2D eigenvalue weighted by Gasteiger charge is -2.03. The van der Waals surface area contributed by atoms with Crippen LogP contribution in [0.3, 0.4) is 0 Å². The fourth-order valence-corrected chi connectivity index (χ4v) is 2.40. The Morgan fingerprint density at radius 3 is 2.55 bits per heavy atom. The van der Waals surface area contributed by atoms with Crippen molar-refractivity contribution >= 4 is 16.9 Å². The van der Waals surface area contributed by atoms with E-state index in [0.29, 0.717) is 25.8 Å². The zero-order chi connectivity index (χ0) is 14.5. The first-order valence-electron chi connectivity index (χ1n) is 6.74. The summed E-state index contributed by atoms with van der Waals surface area (Å²) in [5.74, 6) is -0.942. The van der Waals surface area contributed by atoms with Gasteiger partial charge in [-0.2, -0.15) is 0 Å². The van der Waals surface area contributed by atoms with Crippen LogP contribution in [-0.2, 0) is 13.0 Å². The summed E-state index contributed by atoms with van der Waals surface area (Å²) in [4.78, 5) is 11.1. The Labute approximate surface area is 117 Å². The Morgan fingerprint density at radius 1 is 1.15 bits per heavy atom. The fourth-order valence-electron chi connectivity index (χ4n) is 2.40. The second kappa shape index (κ2) is 6.54. The Morgan fingerprint density at radius 2 is 1.90 bits per heavy atom. The molecule has 2 aromatic rings. The molecule has 1 aromatic heterocycles. The molecule has 1 heterocycles. The third kappa shape index (κ3) is 3.00. The molecule has 0 atom stereocenters. The molecule has 0 unspecified atom stereocenters. The van der Waals surface area contributed by atoms with Crippen LogP contribution in [0.1, 0.15) is 28.8 Å². The molecule has 108 valence electrons. The molecule has 0 saturated carbocycles. The van der Waals surface area contributed by atoms with Crippen LogP contribution in [0.15, 0.2) is 24.4 Å². The minimum absolute atomic E-state index is 0.113. The molecule has 0 saturated heterocycles. The van der Waals surface area contributed by atoms with Gasteiger partial charge >= 0.3 is 5.97 Å². The van der Waals surface area contributed by atoms with Crippen molar-refractivity contribution in [3.8, 4) is 0 Å². The second-order valence-electron chi connectivity index (χ2n) is 4.79. The van der Waals surface area contributed by atoms with E-state index in [2.05, 4.69) is 0 Å². The highest BCUT2D eigenvalue weighted by molar-refractivity contribution is 5.95. The van der Waals surface area contributed by atoms with Crippen molar-refractivity contribution in [1.82, 2.24) is 4.57 Å². The van der Waals surface area contributed by atoms with E-state index >= 15 is 0 Å². The van der Waals surface area contributed by atoms with Crippen LogP contribution in [0.5, 0.6) is 0 Å². The van der Waals surface area contributed by atoms with Crippen LogP contribution in [0, 0.1) is 0 Å². The number of aliphatic hydroxyl groups is 2. The molecule has 20 heavy (non-hydrogen) atoms. The molecular formula is C15H19NO4. The predicted octanol–water partition coefficient (Wildman–Crippen LogP) is 1.65. The number of aromatic nitrogens is 1. The zero-order valence-electron chi connectivity index (χ0n) is 11.2. The monoisotopic (exact) mass is 277 g/mol. The van der Waals surface area contributed by atoms with Crippen molar-refractivity contribution in [2.24, 2.45) is 0 Å². The molecule has 0 amide bonds. The van der Waals surface area contributed by atoms with Crippen molar-refractivity contribution in [3.05, 3.63) is 35.5 Å². The molecule has 5 heteroatoms. The van der Waals surface area contributed by atoms with Gasteiger partial charge in [0.05, 0.1) is 5.56 Å². The lowest BCUT2D eigenvalue weighted by atomic mass is 10.1. The molecule has 3 N–H and O–H groups in total. The molecule has 0 aliphatic rings. The molecule has 0 aliphatic carbocycles. The van der Waals surface area contributed by atoms with E-state index < -0.39 is 5.97 Å². The number of benzene rings is 1. The largest absolute Gasteiger partial charge is 0.478 e. The highest BCUT2D eigenvalue weighted by Gasteiger charge is 2.11. The molecule has 2 rings (SSSR count). The van der Waals surface area contributed by atoms with Crippen molar-refractivity contribution < 1.29 is 20.1 Å². The van der Waals surface area contributed by atoms with Crippen molar-refractivity contribution in [2.45, 2.75) is 25.8 Å². The molecule has 1 aromatic carbocycles. The van der Waals surface area contributed by atoms with Gasteiger partial charge in [-0.05, 0) is 43.0 Å². The topological polar surface area (TPSA) is 82.7 Å². The quantitative estimate of drug-likeness (QED) is 0.718. The van der Waals surface area contributed by atoms with Gasteiger partial charge in [0.25, 0.3) is 0 Å². The standard InChI is InChI=1S/C15H19NO4/c17-7-1-3-12-10-16(6-2-8-18)14-5-4-11(15(19)20)9-13(12)14/h4-5,9-10,17-18H,1-3,6-8H2,(H,19,20). The Bertz CT molecular complexity index is 603. The third-order valence-electron chi connectivity index (χ3n) is 3.37. The van der Waals surface area contributed by atoms with Gasteiger partial charge in [-0.25, -0.2) is 4.79 Å². The summed E-state index contributed by atoms with van der Waals surface area (Å²) in [5, 5.41) is 27.9. The zero-order valence-corrected chi connectivity index (χ0v) is 11.2. The number of carbonyl (C=O) groups is 1. The summed E-state index contributed by atoms with van der Waals surface area (Å²) >= 11 is 0. The lowest BCUT2D eigenvalue weighted by molar-refractivity contribution is 0.0697. The van der Waals surface area contributed by atoms with Crippen LogP contribution in [0.25, 0.3) is 10.9 Å². The number of aryl methyl sites for hydroxylation is 2. The molecular weight excluding hydrogens is 258 g/mol. The minimum atomic E-state index is -0.942. The highest BCUT2D eigenvalue weighted by atomic mass is 16.4. The van der Waals surface area contributed by atoms with E-state index in [4.69, 9.17) is 15.3 Å². The SMILES string of the molecule is O=C(O)c1ccc2c(c1)c(CCCO)cn2CCCO. The molecule has 0 spiro atoms. The average Bonchev–Trinajstić information content (AvgIpc) is 2.80. The Balaban J connectivity index is 2.45. The lowest BCUT2D eigenvalue weighted by Crippen LogP contribution is -1.99. The summed E-state index contributed by atoms with van der Waals surface area (Å²) < 4.78 is 2.03. The smallest absolute Gasteiger partial charge is 0.335 e. The predicted molar refractivity (Wildman–Crippen MR) is 76.0 cm³/mol. The van der Waals surface area contributed by atoms with Crippen molar-refractivity contribution in [2.75, 3.05) is 13.2 Å². The van der Waals surface area contributed by atoms with Gasteiger partial charge < -0.3 is 19.9 Å². The number of hydrogen-bond acceptors (Lipinski definition) is 3. The first-order valence-corrected chi connectivity index (χ1v) is 6.74. The van der Waals surface area contributed by atoms with Gasteiger partial charge in [-0.15, -0.1) is 0 Å². The summed E-state index contributed by atoms with van der Waals surface area (Å²) in [6.07, 6.45) is 4.00. The number of aromatic carboxylic acids is 1. The summed E-state index contributed by atoms with van der Waals surface area (Å²) in [5.41, 5.74) is 2.27. The first-order chi connectivity index (χ1) is 9.67. The number of rotatable bonds is 7. The molecule has 5 nitrogen and oxygen atoms in total. The van der Waals surface area contributed by atoms with Crippen LogP contribution in [-0.4, -0.2) is 39.1 Å². The van der Waals surface area contributed by atoms with Crippen LogP contribution in [0.2, 0.25) is 0 Å². The van der Waals surface area contributed by atoms with E-state index in [-0.39, 0.29) is 18.8 Å². The summed E-state index contributed by atoms with van der Waals surface area (Å²) in [7, 11) is 0. The van der Waals surface area contributed by atoms with Gasteiger partial charge in [0.2, 0.25) is 0 Å².